The van der Waals surface area contributed by atoms with Gasteiger partial charge in [-0.3, -0.25) is 4.79 Å². The molecular formula is C15H12BrNO2. The maximum Gasteiger partial charge on any atom is 0.256 e. The van der Waals surface area contributed by atoms with Crippen LogP contribution >= 0.6 is 15.9 Å². The second kappa shape index (κ2) is 5.15. The second-order valence-corrected chi connectivity index (χ2v) is 5.30. The van der Waals surface area contributed by atoms with E-state index in [0.29, 0.717) is 0 Å². The van der Waals surface area contributed by atoms with Crippen molar-refractivity contribution >= 4 is 27.5 Å². The number of anilines is 1. The van der Waals surface area contributed by atoms with Crippen LogP contribution in [0.3, 0.4) is 0 Å². The lowest BCUT2D eigenvalue weighted by atomic mass is 10.1. The molecule has 19 heavy (non-hydrogen) atoms. The lowest BCUT2D eigenvalue weighted by molar-refractivity contribution is -0.117. The number of amides is 1. The van der Waals surface area contributed by atoms with Gasteiger partial charge in [-0.05, 0) is 29.8 Å². The summed E-state index contributed by atoms with van der Waals surface area (Å²) in [6.45, 7) is 0. The average Bonchev–Trinajstić information content (AvgIpc) is 3.20. The molecule has 2 atom stereocenters. The minimum absolute atomic E-state index is 0.101. The first-order valence-corrected chi connectivity index (χ1v) is 6.80. The van der Waals surface area contributed by atoms with Gasteiger partial charge in [-0.15, -0.1) is 0 Å². The highest BCUT2D eigenvalue weighted by Crippen LogP contribution is 2.40. The van der Waals surface area contributed by atoms with Crippen molar-refractivity contribution in [3.05, 3.63) is 64.6 Å². The summed E-state index contributed by atoms with van der Waals surface area (Å²) in [6, 6.07) is 17.2. The molecule has 1 amide bonds. The fourth-order valence-electron chi connectivity index (χ4n) is 1.98. The van der Waals surface area contributed by atoms with Gasteiger partial charge in [-0.1, -0.05) is 46.3 Å². The number of hydrogen-bond donors (Lipinski definition) is 1. The van der Waals surface area contributed by atoms with Crippen molar-refractivity contribution < 1.29 is 9.53 Å². The summed E-state index contributed by atoms with van der Waals surface area (Å²) in [7, 11) is 0. The summed E-state index contributed by atoms with van der Waals surface area (Å²) in [4.78, 5) is 12.0. The molecule has 1 aliphatic rings. The standard InChI is InChI=1S/C15H12BrNO2/c16-11-6-4-5-10(9-11)13-14(19-13)15(18)17-12-7-2-1-3-8-12/h1-9,13-14H,(H,17,18). The SMILES string of the molecule is O=C(Nc1ccccc1)C1OC1c1cccc(Br)c1. The van der Waals surface area contributed by atoms with Gasteiger partial charge in [0, 0.05) is 10.2 Å². The van der Waals surface area contributed by atoms with Crippen molar-refractivity contribution in [3.63, 3.8) is 0 Å². The molecule has 4 heteroatoms. The molecule has 0 radical (unpaired) electrons. The van der Waals surface area contributed by atoms with Gasteiger partial charge in [0.15, 0.2) is 6.10 Å². The van der Waals surface area contributed by atoms with E-state index in [1.807, 2.05) is 54.6 Å². The molecule has 1 fully saturated rings. The first-order valence-electron chi connectivity index (χ1n) is 6.01. The minimum atomic E-state index is -0.394. The number of rotatable bonds is 3. The molecule has 0 saturated carbocycles. The Labute approximate surface area is 119 Å². The Balaban J connectivity index is 1.65. The van der Waals surface area contributed by atoms with Crippen molar-refractivity contribution in [1.82, 2.24) is 0 Å². The predicted molar refractivity (Wildman–Crippen MR) is 76.8 cm³/mol. The molecule has 1 saturated heterocycles. The van der Waals surface area contributed by atoms with Gasteiger partial charge >= 0.3 is 0 Å². The number of hydrogen-bond acceptors (Lipinski definition) is 2. The fourth-order valence-corrected chi connectivity index (χ4v) is 2.40. The van der Waals surface area contributed by atoms with E-state index in [4.69, 9.17) is 4.74 Å². The number of ether oxygens (including phenoxy) is 1. The van der Waals surface area contributed by atoms with Gasteiger partial charge in [-0.25, -0.2) is 0 Å². The van der Waals surface area contributed by atoms with Crippen LogP contribution in [0.25, 0.3) is 0 Å². The Morgan fingerprint density at radius 1 is 1.11 bits per heavy atom. The lowest BCUT2D eigenvalue weighted by Crippen LogP contribution is -2.18. The summed E-state index contributed by atoms with van der Waals surface area (Å²) in [5.41, 5.74) is 1.80. The van der Waals surface area contributed by atoms with Gasteiger partial charge < -0.3 is 10.1 Å². The third kappa shape index (κ3) is 2.85. The smallest absolute Gasteiger partial charge is 0.256 e. The van der Waals surface area contributed by atoms with Gasteiger partial charge in [-0.2, -0.15) is 0 Å². The molecule has 3 rings (SSSR count). The topological polar surface area (TPSA) is 41.6 Å². The summed E-state index contributed by atoms with van der Waals surface area (Å²) >= 11 is 3.41. The Bertz CT molecular complexity index is 600. The lowest BCUT2D eigenvalue weighted by Gasteiger charge is -2.02. The highest BCUT2D eigenvalue weighted by molar-refractivity contribution is 9.10. The summed E-state index contributed by atoms with van der Waals surface area (Å²) < 4.78 is 6.45. The Kier molecular flexibility index (Phi) is 3.36. The third-order valence-electron chi connectivity index (χ3n) is 2.97. The molecule has 0 aromatic heterocycles. The zero-order valence-electron chi connectivity index (χ0n) is 10.0. The molecule has 96 valence electrons. The van der Waals surface area contributed by atoms with Crippen LogP contribution in [-0.4, -0.2) is 12.0 Å². The quantitative estimate of drug-likeness (QED) is 0.880. The molecule has 0 spiro atoms. The highest BCUT2D eigenvalue weighted by Gasteiger charge is 2.46. The van der Waals surface area contributed by atoms with Crippen LogP contribution in [0.1, 0.15) is 11.7 Å². The molecule has 1 aliphatic heterocycles. The second-order valence-electron chi connectivity index (χ2n) is 4.39. The molecule has 1 heterocycles. The van der Waals surface area contributed by atoms with Crippen LogP contribution in [0.15, 0.2) is 59.1 Å². The Morgan fingerprint density at radius 2 is 1.89 bits per heavy atom. The van der Waals surface area contributed by atoms with E-state index in [-0.39, 0.29) is 12.0 Å². The van der Waals surface area contributed by atoms with Gasteiger partial charge in [0.25, 0.3) is 5.91 Å². The number of benzene rings is 2. The van der Waals surface area contributed by atoms with Crippen LogP contribution in [-0.2, 0) is 9.53 Å². The zero-order chi connectivity index (χ0) is 13.2. The number of nitrogens with one attached hydrogen (secondary N) is 1. The largest absolute Gasteiger partial charge is 0.354 e. The normalized spacial score (nSPS) is 20.9. The molecule has 1 N–H and O–H groups in total. The van der Waals surface area contributed by atoms with Crippen LogP contribution in [0.5, 0.6) is 0 Å². The summed E-state index contributed by atoms with van der Waals surface area (Å²) in [5.74, 6) is -0.101. The van der Waals surface area contributed by atoms with Crippen LogP contribution < -0.4 is 5.32 Å². The first-order chi connectivity index (χ1) is 9.24. The van der Waals surface area contributed by atoms with Crippen molar-refractivity contribution in [1.29, 1.82) is 0 Å². The predicted octanol–water partition coefficient (Wildman–Crippen LogP) is 3.53. The van der Waals surface area contributed by atoms with Crippen LogP contribution in [0.4, 0.5) is 5.69 Å². The number of carbonyl (C=O) groups is 1. The number of halogens is 1. The van der Waals surface area contributed by atoms with Crippen LogP contribution in [0.2, 0.25) is 0 Å². The molecule has 2 aromatic rings. The van der Waals surface area contributed by atoms with Gasteiger partial charge in [0.2, 0.25) is 0 Å². The van der Waals surface area contributed by atoms with Crippen LogP contribution in [0, 0.1) is 0 Å². The molecule has 0 bridgehead atoms. The number of carbonyl (C=O) groups excluding carboxylic acids is 1. The average molecular weight is 318 g/mol. The molecule has 3 nitrogen and oxygen atoms in total. The van der Waals surface area contributed by atoms with E-state index < -0.39 is 6.10 Å². The summed E-state index contributed by atoms with van der Waals surface area (Å²) in [5, 5.41) is 2.84. The minimum Gasteiger partial charge on any atom is -0.354 e. The first kappa shape index (κ1) is 12.4. The van der Waals surface area contributed by atoms with Gasteiger partial charge in [0.05, 0.1) is 0 Å². The zero-order valence-corrected chi connectivity index (χ0v) is 11.6. The fraction of sp³-hybridized carbons (Fsp3) is 0.133. The highest BCUT2D eigenvalue weighted by atomic mass is 79.9. The van der Waals surface area contributed by atoms with Crippen molar-refractivity contribution in [2.24, 2.45) is 0 Å². The van der Waals surface area contributed by atoms with Crippen molar-refractivity contribution in [2.45, 2.75) is 12.2 Å². The Hall–Kier alpha value is -1.65. The van der Waals surface area contributed by atoms with E-state index in [9.17, 15) is 4.79 Å². The van der Waals surface area contributed by atoms with E-state index in [0.717, 1.165) is 15.7 Å². The summed E-state index contributed by atoms with van der Waals surface area (Å²) in [6.07, 6.45) is -0.532. The van der Waals surface area contributed by atoms with E-state index >= 15 is 0 Å². The van der Waals surface area contributed by atoms with E-state index in [1.165, 1.54) is 0 Å². The number of epoxide rings is 1. The van der Waals surface area contributed by atoms with Gasteiger partial charge in [0.1, 0.15) is 6.10 Å². The third-order valence-corrected chi connectivity index (χ3v) is 3.46. The van der Waals surface area contributed by atoms with Crippen molar-refractivity contribution in [3.8, 4) is 0 Å². The molecule has 2 unspecified atom stereocenters. The number of para-hydroxylation sites is 1. The maximum absolute atomic E-state index is 12.0. The van der Waals surface area contributed by atoms with Crippen molar-refractivity contribution in [2.75, 3.05) is 5.32 Å². The molecule has 0 aliphatic carbocycles. The monoisotopic (exact) mass is 317 g/mol. The van der Waals surface area contributed by atoms with E-state index in [2.05, 4.69) is 21.2 Å². The van der Waals surface area contributed by atoms with E-state index in [1.54, 1.807) is 0 Å². The Morgan fingerprint density at radius 3 is 2.63 bits per heavy atom. The molecular weight excluding hydrogens is 306 g/mol. The maximum atomic E-state index is 12.0. The molecule has 2 aromatic carbocycles.